The lowest BCUT2D eigenvalue weighted by Gasteiger charge is -2.15. The maximum absolute atomic E-state index is 5.57. The predicted octanol–water partition coefficient (Wildman–Crippen LogP) is 17.6. The molecule has 0 fully saturated rings. The molecule has 0 aliphatic rings. The first kappa shape index (κ1) is 36.4. The Morgan fingerprint density at radius 2 is 0.651 bits per heavy atom. The molecular weight excluding hydrogens is 821 g/mol. The molecule has 0 saturated heterocycles. The molecule has 9 aromatic carbocycles. The van der Waals surface area contributed by atoms with Crippen molar-refractivity contribution in [2.45, 2.75) is 0 Å². The number of hydrogen-bond donors (Lipinski definition) is 0. The molecule has 13 aromatic rings. The highest BCUT2D eigenvalue weighted by molar-refractivity contribution is 7.27. The first-order chi connectivity index (χ1) is 31.2. The average molecular weight is 855 g/mol. The van der Waals surface area contributed by atoms with Gasteiger partial charge in [-0.15, -0.1) is 34.0 Å². The fourth-order valence-electron chi connectivity index (χ4n) is 9.39. The van der Waals surface area contributed by atoms with Gasteiger partial charge in [-0.05, 0) is 75.8 Å². The molecule has 0 unspecified atom stereocenters. The molecule has 0 bridgehead atoms. The van der Waals surface area contributed by atoms with E-state index in [1.165, 1.54) is 71.6 Å². The summed E-state index contributed by atoms with van der Waals surface area (Å²) in [6, 6.07) is 74.9. The second kappa shape index (κ2) is 14.7. The maximum Gasteiger partial charge on any atom is 0.161 e. The van der Waals surface area contributed by atoms with Gasteiger partial charge < -0.3 is 0 Å². The molecule has 4 aromatic heterocycles. The molecule has 2 nitrogen and oxygen atoms in total. The highest BCUT2D eigenvalue weighted by Gasteiger charge is 2.20. The van der Waals surface area contributed by atoms with Gasteiger partial charge in [0, 0.05) is 77.2 Å². The second-order valence-corrected chi connectivity index (χ2v) is 19.2. The largest absolute Gasteiger partial charge is 0.228 e. The summed E-state index contributed by atoms with van der Waals surface area (Å²) < 4.78 is 7.67. The minimum absolute atomic E-state index is 0.699. The zero-order valence-electron chi connectivity index (χ0n) is 33.7. The number of benzene rings is 9. The third kappa shape index (κ3) is 6.04. The SMILES string of the molecule is c1ccc(-c2ccccc2-c2nc(-c3cc(-c4cccc5c4sc4ccccc45)cc(-c4cccc5c4sc4ccccc45)c3)cc(-c3cccc4c3sc3ccccc34)n2)cc1. The van der Waals surface area contributed by atoms with Crippen LogP contribution in [0.2, 0.25) is 0 Å². The van der Waals surface area contributed by atoms with Gasteiger partial charge in [-0.1, -0.05) is 164 Å². The molecule has 0 spiro atoms. The van der Waals surface area contributed by atoms with Gasteiger partial charge in [-0.25, -0.2) is 9.97 Å². The van der Waals surface area contributed by atoms with Crippen LogP contribution in [0.1, 0.15) is 0 Å². The van der Waals surface area contributed by atoms with E-state index in [4.69, 9.17) is 9.97 Å². The molecule has 0 aliphatic heterocycles. The number of aromatic nitrogens is 2. The lowest BCUT2D eigenvalue weighted by Crippen LogP contribution is -1.98. The Hall–Kier alpha value is -7.28. The highest BCUT2D eigenvalue weighted by atomic mass is 32.1. The zero-order valence-corrected chi connectivity index (χ0v) is 36.2. The first-order valence-electron chi connectivity index (χ1n) is 21.1. The Balaban J connectivity index is 1.10. The fourth-order valence-corrected chi connectivity index (χ4v) is 13.1. The first-order valence-corrected chi connectivity index (χ1v) is 23.6. The number of rotatable bonds is 6. The van der Waals surface area contributed by atoms with Crippen molar-refractivity contribution in [1.82, 2.24) is 9.97 Å². The molecule has 0 amide bonds. The predicted molar refractivity (Wildman–Crippen MR) is 273 cm³/mol. The van der Waals surface area contributed by atoms with E-state index in [-0.39, 0.29) is 0 Å². The Labute approximate surface area is 375 Å². The maximum atomic E-state index is 5.57. The van der Waals surface area contributed by atoms with E-state index in [9.17, 15) is 0 Å². The summed E-state index contributed by atoms with van der Waals surface area (Å²) in [4.78, 5) is 11.1. The van der Waals surface area contributed by atoms with E-state index in [1.807, 2.05) is 34.0 Å². The van der Waals surface area contributed by atoms with Crippen LogP contribution in [0, 0.1) is 0 Å². The van der Waals surface area contributed by atoms with Gasteiger partial charge >= 0.3 is 0 Å². The van der Waals surface area contributed by atoms with Gasteiger partial charge in [0.25, 0.3) is 0 Å². The minimum Gasteiger partial charge on any atom is -0.228 e. The molecule has 0 aliphatic carbocycles. The van der Waals surface area contributed by atoms with Crippen LogP contribution in [0.4, 0.5) is 0 Å². The van der Waals surface area contributed by atoms with Crippen molar-refractivity contribution >= 4 is 94.5 Å². The summed E-state index contributed by atoms with van der Waals surface area (Å²) >= 11 is 5.58. The highest BCUT2D eigenvalue weighted by Crippen LogP contribution is 2.46. The molecule has 13 rings (SSSR count). The third-order valence-electron chi connectivity index (χ3n) is 12.3. The van der Waals surface area contributed by atoms with E-state index in [0.717, 1.165) is 50.3 Å². The van der Waals surface area contributed by atoms with Crippen LogP contribution < -0.4 is 0 Å². The number of fused-ring (bicyclic) bond motifs is 9. The van der Waals surface area contributed by atoms with Crippen molar-refractivity contribution in [2.24, 2.45) is 0 Å². The van der Waals surface area contributed by atoms with Crippen LogP contribution in [-0.2, 0) is 0 Å². The summed E-state index contributed by atoms with van der Waals surface area (Å²) in [5.74, 6) is 0.699. The molecule has 294 valence electrons. The standard InChI is InChI=1S/C58H34N2S3/c1-2-15-35(16-3-1)39-17-4-5-21-48(39)58-59-50(34-51(60-58)49-27-14-26-47-44-20-8-11-30-54(44)63-57(47)49)38-32-36(40-22-12-24-45-42-18-6-9-28-52(42)61-55(40)45)31-37(33-38)41-23-13-25-46-43-19-7-10-29-53(43)62-56(41)46/h1-34H. The zero-order chi connectivity index (χ0) is 41.4. The quantitative estimate of drug-likeness (QED) is 0.167. The van der Waals surface area contributed by atoms with Crippen molar-refractivity contribution in [3.05, 3.63) is 206 Å². The average Bonchev–Trinajstić information content (AvgIpc) is 4.06. The monoisotopic (exact) mass is 854 g/mol. The van der Waals surface area contributed by atoms with Crippen molar-refractivity contribution in [3.63, 3.8) is 0 Å². The Morgan fingerprint density at radius 3 is 1.21 bits per heavy atom. The molecule has 63 heavy (non-hydrogen) atoms. The summed E-state index contributed by atoms with van der Waals surface area (Å²) in [6.07, 6.45) is 0. The van der Waals surface area contributed by atoms with E-state index >= 15 is 0 Å². The smallest absolute Gasteiger partial charge is 0.161 e. The topological polar surface area (TPSA) is 25.8 Å². The number of thiophene rings is 3. The summed E-state index contributed by atoms with van der Waals surface area (Å²) in [7, 11) is 0. The van der Waals surface area contributed by atoms with Crippen molar-refractivity contribution in [2.75, 3.05) is 0 Å². The lowest BCUT2D eigenvalue weighted by atomic mass is 9.93. The molecule has 0 radical (unpaired) electrons. The molecule has 0 N–H and O–H groups in total. The number of nitrogens with zero attached hydrogens (tertiary/aromatic N) is 2. The number of hydrogen-bond acceptors (Lipinski definition) is 5. The van der Waals surface area contributed by atoms with Gasteiger partial charge in [0.1, 0.15) is 0 Å². The van der Waals surface area contributed by atoms with E-state index in [0.29, 0.717) is 5.82 Å². The molecule has 5 heteroatoms. The van der Waals surface area contributed by atoms with Crippen LogP contribution in [0.3, 0.4) is 0 Å². The van der Waals surface area contributed by atoms with E-state index in [1.54, 1.807) is 0 Å². The van der Waals surface area contributed by atoms with Crippen LogP contribution >= 0.6 is 34.0 Å². The van der Waals surface area contributed by atoms with Gasteiger partial charge in [-0.3, -0.25) is 0 Å². The van der Waals surface area contributed by atoms with Gasteiger partial charge in [0.05, 0.1) is 11.4 Å². The van der Waals surface area contributed by atoms with Crippen molar-refractivity contribution in [3.8, 4) is 67.3 Å². The normalized spacial score (nSPS) is 11.8. The van der Waals surface area contributed by atoms with Gasteiger partial charge in [-0.2, -0.15) is 0 Å². The minimum atomic E-state index is 0.699. The fraction of sp³-hybridized carbons (Fsp3) is 0. The molecular formula is C58H34N2S3. The van der Waals surface area contributed by atoms with Crippen molar-refractivity contribution < 1.29 is 0 Å². The van der Waals surface area contributed by atoms with Crippen LogP contribution in [-0.4, -0.2) is 9.97 Å². The van der Waals surface area contributed by atoms with Crippen molar-refractivity contribution in [1.29, 1.82) is 0 Å². The van der Waals surface area contributed by atoms with Crippen LogP contribution in [0.15, 0.2) is 206 Å². The van der Waals surface area contributed by atoms with E-state index < -0.39 is 0 Å². The molecule has 4 heterocycles. The van der Waals surface area contributed by atoms with Crippen LogP contribution in [0.5, 0.6) is 0 Å². The Bertz CT molecular complexity index is 3800. The lowest BCUT2D eigenvalue weighted by molar-refractivity contribution is 1.19. The third-order valence-corrected chi connectivity index (χ3v) is 16.0. The van der Waals surface area contributed by atoms with Crippen LogP contribution in [0.25, 0.3) is 128 Å². The van der Waals surface area contributed by atoms with Gasteiger partial charge in [0.2, 0.25) is 0 Å². The molecule has 0 saturated carbocycles. The Kier molecular flexibility index (Phi) is 8.48. The summed E-state index contributed by atoms with van der Waals surface area (Å²) in [5.41, 5.74) is 11.9. The Morgan fingerprint density at radius 1 is 0.254 bits per heavy atom. The van der Waals surface area contributed by atoms with E-state index in [2.05, 4.69) is 206 Å². The second-order valence-electron chi connectivity index (χ2n) is 16.0. The summed E-state index contributed by atoms with van der Waals surface area (Å²) in [6.45, 7) is 0. The summed E-state index contributed by atoms with van der Waals surface area (Å²) in [5, 5.41) is 7.68. The van der Waals surface area contributed by atoms with Gasteiger partial charge in [0.15, 0.2) is 5.82 Å². The molecule has 0 atom stereocenters.